The molecule has 0 radical (unpaired) electrons. The Morgan fingerprint density at radius 3 is 2.11 bits per heavy atom. The molecule has 2 aromatic rings. The summed E-state index contributed by atoms with van der Waals surface area (Å²) in [6, 6.07) is 8.22. The van der Waals surface area contributed by atoms with Gasteiger partial charge in [-0.2, -0.15) is 13.2 Å². The van der Waals surface area contributed by atoms with Crippen LogP contribution in [-0.2, 0) is 30.8 Å². The molecule has 0 saturated carbocycles. The fourth-order valence-electron chi connectivity index (χ4n) is 2.23. The third-order valence-corrected chi connectivity index (χ3v) is 6.81. The van der Waals surface area contributed by atoms with Crippen LogP contribution in [0.1, 0.15) is 12.0 Å². The summed E-state index contributed by atoms with van der Waals surface area (Å²) in [5.74, 6) is -1.36. The quantitative estimate of drug-likeness (QED) is 0.686. The number of hydrogen-bond acceptors (Lipinski definition) is 5. The van der Waals surface area contributed by atoms with Gasteiger partial charge in [0.25, 0.3) is 0 Å². The third kappa shape index (κ3) is 4.88. The van der Waals surface area contributed by atoms with Gasteiger partial charge in [0.05, 0.1) is 26.7 Å². The highest BCUT2D eigenvalue weighted by molar-refractivity contribution is 7.91. The molecule has 0 spiro atoms. The molecule has 0 bridgehead atoms. The summed E-state index contributed by atoms with van der Waals surface area (Å²) in [6.45, 7) is -0.662. The van der Waals surface area contributed by atoms with Crippen LogP contribution >= 0.6 is 0 Å². The maximum Gasteiger partial charge on any atom is 0.417 e. The lowest BCUT2D eigenvalue weighted by Crippen LogP contribution is -2.28. The van der Waals surface area contributed by atoms with Gasteiger partial charge in [-0.1, -0.05) is 18.2 Å². The molecule has 0 amide bonds. The Hall–Kier alpha value is -2.44. The van der Waals surface area contributed by atoms with E-state index in [4.69, 9.17) is 5.11 Å². The molecule has 0 heterocycles. The molecule has 0 aliphatic carbocycles. The molecular formula is C16H14F3NO6S2. The Kier molecular flexibility index (Phi) is 6.16. The van der Waals surface area contributed by atoms with Gasteiger partial charge in [0.2, 0.25) is 19.9 Å². The van der Waals surface area contributed by atoms with Crippen molar-refractivity contribution in [1.82, 2.24) is 4.72 Å². The van der Waals surface area contributed by atoms with E-state index in [1.165, 1.54) is 30.3 Å². The summed E-state index contributed by atoms with van der Waals surface area (Å²) < 4.78 is 91.3. The van der Waals surface area contributed by atoms with Crippen LogP contribution in [0.15, 0.2) is 63.2 Å². The minimum absolute atomic E-state index is 0.225. The summed E-state index contributed by atoms with van der Waals surface area (Å²) in [5, 5.41) is 8.55. The highest BCUT2D eigenvalue weighted by Crippen LogP contribution is 2.36. The second-order valence-corrected chi connectivity index (χ2v) is 9.20. The first-order valence-corrected chi connectivity index (χ1v) is 10.5. The molecule has 152 valence electrons. The molecule has 2 N–H and O–H groups in total. The van der Waals surface area contributed by atoms with Gasteiger partial charge in [0.15, 0.2) is 0 Å². The number of nitrogens with one attached hydrogen (secondary N) is 1. The van der Waals surface area contributed by atoms with Gasteiger partial charge < -0.3 is 5.11 Å². The fraction of sp³-hybridized carbons (Fsp3) is 0.188. The van der Waals surface area contributed by atoms with Crippen molar-refractivity contribution in [2.45, 2.75) is 27.3 Å². The number of carboxylic acid groups (broad SMARTS) is 1. The lowest BCUT2D eigenvalue weighted by molar-refractivity contribution is -0.140. The van der Waals surface area contributed by atoms with Crippen LogP contribution < -0.4 is 4.72 Å². The topological polar surface area (TPSA) is 118 Å². The van der Waals surface area contributed by atoms with Crippen LogP contribution in [0.4, 0.5) is 13.2 Å². The predicted molar refractivity (Wildman–Crippen MR) is 90.8 cm³/mol. The number of carbonyl (C=O) groups is 1. The van der Waals surface area contributed by atoms with Crippen LogP contribution in [0.5, 0.6) is 0 Å². The molecule has 28 heavy (non-hydrogen) atoms. The normalized spacial score (nSPS) is 12.7. The molecule has 2 aromatic carbocycles. The van der Waals surface area contributed by atoms with Gasteiger partial charge in [-0.3, -0.25) is 4.79 Å². The lowest BCUT2D eigenvalue weighted by Gasteiger charge is -2.15. The molecule has 0 atom stereocenters. The minimum atomic E-state index is -5.08. The van der Waals surface area contributed by atoms with Crippen molar-refractivity contribution < 1.29 is 39.9 Å². The van der Waals surface area contributed by atoms with Crippen molar-refractivity contribution in [3.8, 4) is 0 Å². The highest BCUT2D eigenvalue weighted by Gasteiger charge is 2.38. The highest BCUT2D eigenvalue weighted by atomic mass is 32.2. The van der Waals surface area contributed by atoms with Crippen LogP contribution in [0.2, 0.25) is 0 Å². The van der Waals surface area contributed by atoms with E-state index in [0.717, 1.165) is 0 Å². The third-order valence-electron chi connectivity index (χ3n) is 3.54. The van der Waals surface area contributed by atoms with E-state index in [1.807, 2.05) is 0 Å². The van der Waals surface area contributed by atoms with Crippen molar-refractivity contribution in [3.63, 3.8) is 0 Å². The lowest BCUT2D eigenvalue weighted by atomic mass is 10.2. The molecule has 12 heteroatoms. The average Bonchev–Trinajstić information content (AvgIpc) is 2.60. The number of sulfone groups is 1. The smallest absolute Gasteiger partial charge is 0.417 e. The van der Waals surface area contributed by atoms with Crippen molar-refractivity contribution in [2.24, 2.45) is 0 Å². The molecular weight excluding hydrogens is 423 g/mol. The summed E-state index contributed by atoms with van der Waals surface area (Å²) in [4.78, 5) is 8.32. The first kappa shape index (κ1) is 21.9. The summed E-state index contributed by atoms with van der Waals surface area (Å²) in [6.07, 6.45) is -5.74. The zero-order valence-corrected chi connectivity index (χ0v) is 15.6. The van der Waals surface area contributed by atoms with Crippen LogP contribution in [0.3, 0.4) is 0 Å². The van der Waals surface area contributed by atoms with Gasteiger partial charge in [0, 0.05) is 6.54 Å². The van der Waals surface area contributed by atoms with Crippen molar-refractivity contribution in [3.05, 3.63) is 54.1 Å². The maximum absolute atomic E-state index is 13.2. The molecule has 0 aliphatic heterocycles. The number of rotatable bonds is 7. The number of halogens is 3. The maximum atomic E-state index is 13.2. The van der Waals surface area contributed by atoms with E-state index in [1.54, 1.807) is 4.72 Å². The van der Waals surface area contributed by atoms with E-state index < -0.39 is 60.3 Å². The average molecular weight is 437 g/mol. The Morgan fingerprint density at radius 1 is 0.964 bits per heavy atom. The summed E-state index contributed by atoms with van der Waals surface area (Å²) in [5.41, 5.74) is -1.57. The number of benzene rings is 2. The SMILES string of the molecule is O=C(O)CCNS(=O)(=O)c1cc(S(=O)(=O)c2ccccc2)ccc1C(F)(F)F. The summed E-state index contributed by atoms with van der Waals surface area (Å²) >= 11 is 0. The van der Waals surface area contributed by atoms with E-state index in [9.17, 15) is 34.8 Å². The van der Waals surface area contributed by atoms with E-state index in [-0.39, 0.29) is 4.90 Å². The van der Waals surface area contributed by atoms with Crippen LogP contribution in [0.25, 0.3) is 0 Å². The van der Waals surface area contributed by atoms with Gasteiger partial charge in [0.1, 0.15) is 0 Å². The molecule has 0 aliphatic rings. The Bertz CT molecular complexity index is 1080. The number of carboxylic acids is 1. The summed E-state index contributed by atoms with van der Waals surface area (Å²) in [7, 11) is -9.10. The van der Waals surface area contributed by atoms with Crippen molar-refractivity contribution >= 4 is 25.8 Å². The van der Waals surface area contributed by atoms with Crippen LogP contribution in [0, 0.1) is 0 Å². The van der Waals surface area contributed by atoms with Crippen LogP contribution in [-0.4, -0.2) is 34.5 Å². The molecule has 7 nitrogen and oxygen atoms in total. The molecule has 0 aromatic heterocycles. The monoisotopic (exact) mass is 437 g/mol. The first-order chi connectivity index (χ1) is 12.9. The van der Waals surface area contributed by atoms with Gasteiger partial charge in [-0.05, 0) is 30.3 Å². The number of alkyl halides is 3. The molecule has 0 fully saturated rings. The Balaban J connectivity index is 2.60. The van der Waals surface area contributed by atoms with Crippen molar-refractivity contribution in [2.75, 3.05) is 6.54 Å². The number of sulfonamides is 1. The predicted octanol–water partition coefficient (Wildman–Crippen LogP) is 2.29. The zero-order valence-electron chi connectivity index (χ0n) is 14.0. The van der Waals surface area contributed by atoms with Gasteiger partial charge in [-0.25, -0.2) is 21.6 Å². The van der Waals surface area contributed by atoms with E-state index in [0.29, 0.717) is 18.2 Å². The second kappa shape index (κ2) is 7.89. The van der Waals surface area contributed by atoms with E-state index >= 15 is 0 Å². The Labute approximate surface area is 158 Å². The first-order valence-electron chi connectivity index (χ1n) is 7.58. The zero-order chi connectivity index (χ0) is 21.2. The molecule has 0 saturated heterocycles. The standard InChI is InChI=1S/C16H14F3NO6S2/c17-16(18,19)13-7-6-12(27(23,24)11-4-2-1-3-5-11)10-14(13)28(25,26)20-9-8-15(21)22/h1-7,10,20H,8-9H2,(H,21,22). The largest absolute Gasteiger partial charge is 0.481 e. The Morgan fingerprint density at radius 2 is 1.57 bits per heavy atom. The van der Waals surface area contributed by atoms with E-state index in [2.05, 4.69) is 0 Å². The molecule has 0 unspecified atom stereocenters. The number of aliphatic carboxylic acids is 1. The minimum Gasteiger partial charge on any atom is -0.481 e. The second-order valence-electron chi connectivity index (χ2n) is 5.51. The van der Waals surface area contributed by atoms with Gasteiger partial charge in [-0.15, -0.1) is 0 Å². The van der Waals surface area contributed by atoms with Crippen molar-refractivity contribution in [1.29, 1.82) is 0 Å². The molecule has 2 rings (SSSR count). The number of hydrogen-bond donors (Lipinski definition) is 2. The van der Waals surface area contributed by atoms with Gasteiger partial charge >= 0.3 is 12.1 Å². The fourth-order valence-corrected chi connectivity index (χ4v) is 4.90.